The Bertz CT molecular complexity index is 356. The second-order valence-corrected chi connectivity index (χ2v) is 5.66. The number of likely N-dealkylation sites (tertiary alicyclic amines) is 1. The molecule has 0 aromatic rings. The minimum Gasteiger partial charge on any atom is -0.344 e. The van der Waals surface area contributed by atoms with Crippen LogP contribution in [0.25, 0.3) is 0 Å². The van der Waals surface area contributed by atoms with E-state index in [0.717, 1.165) is 25.9 Å². The van der Waals surface area contributed by atoms with E-state index in [-0.39, 0.29) is 17.7 Å². The molecule has 5 heteroatoms. The van der Waals surface area contributed by atoms with E-state index in [2.05, 4.69) is 37.7 Å². The number of likely N-dealkylation sites (N-methyl/N-ethyl adjacent to an activating group) is 1. The predicted molar refractivity (Wildman–Crippen MR) is 80.0 cm³/mol. The molecule has 2 unspecified atom stereocenters. The van der Waals surface area contributed by atoms with Gasteiger partial charge < -0.3 is 15.1 Å². The number of nitrogens with zero attached hydrogens (tertiary/aromatic N) is 2. The summed E-state index contributed by atoms with van der Waals surface area (Å²) in [6.07, 6.45) is 3.87. The molecular weight excluding hydrogens is 254 g/mol. The second-order valence-electron chi connectivity index (χ2n) is 5.66. The van der Waals surface area contributed by atoms with Crippen LogP contribution in [-0.4, -0.2) is 54.8 Å². The van der Waals surface area contributed by atoms with Crippen molar-refractivity contribution in [1.29, 1.82) is 0 Å². The summed E-state index contributed by atoms with van der Waals surface area (Å²) in [4.78, 5) is 27.8. The topological polar surface area (TPSA) is 52.7 Å². The van der Waals surface area contributed by atoms with E-state index in [9.17, 15) is 9.59 Å². The summed E-state index contributed by atoms with van der Waals surface area (Å²) < 4.78 is 0. The second kappa shape index (κ2) is 6.88. The highest BCUT2D eigenvalue weighted by atomic mass is 16.2. The summed E-state index contributed by atoms with van der Waals surface area (Å²) in [5, 5.41) is 2.89. The first-order chi connectivity index (χ1) is 9.47. The summed E-state index contributed by atoms with van der Waals surface area (Å²) in [5.41, 5.74) is -0.819. The summed E-state index contributed by atoms with van der Waals surface area (Å²) in [6, 6.07) is 0. The number of piperidine rings is 1. The average Bonchev–Trinajstić information content (AvgIpc) is 2.46. The molecule has 2 atom stereocenters. The molecule has 1 N–H and O–H groups in total. The van der Waals surface area contributed by atoms with Crippen LogP contribution in [0.2, 0.25) is 0 Å². The highest BCUT2D eigenvalue weighted by molar-refractivity contribution is 5.90. The molecule has 2 amide bonds. The summed E-state index contributed by atoms with van der Waals surface area (Å²) >= 11 is 0. The van der Waals surface area contributed by atoms with Crippen LogP contribution < -0.4 is 5.32 Å². The molecule has 0 saturated carbocycles. The van der Waals surface area contributed by atoms with Crippen LogP contribution in [-0.2, 0) is 9.59 Å². The predicted octanol–water partition coefficient (Wildman–Crippen LogP) is 1.07. The summed E-state index contributed by atoms with van der Waals surface area (Å²) in [7, 11) is 3.76. The SMILES string of the molecule is C=CN(C)C(=O)C1(NC=O)C(CC)CN(C)CC1CC. The van der Waals surface area contributed by atoms with E-state index >= 15 is 0 Å². The van der Waals surface area contributed by atoms with Gasteiger partial charge in [0.1, 0.15) is 5.54 Å². The van der Waals surface area contributed by atoms with Gasteiger partial charge in [0.25, 0.3) is 5.91 Å². The fourth-order valence-corrected chi connectivity index (χ4v) is 3.47. The van der Waals surface area contributed by atoms with Crippen LogP contribution in [0.1, 0.15) is 26.7 Å². The number of rotatable bonds is 6. The summed E-state index contributed by atoms with van der Waals surface area (Å²) in [6.45, 7) is 9.42. The zero-order valence-corrected chi connectivity index (χ0v) is 13.1. The minimum absolute atomic E-state index is 0.0635. The third-order valence-corrected chi connectivity index (χ3v) is 4.58. The molecule has 1 rings (SSSR count). The maximum atomic E-state index is 12.9. The summed E-state index contributed by atoms with van der Waals surface area (Å²) in [5.74, 6) is 0.143. The molecule has 0 aromatic heterocycles. The lowest BCUT2D eigenvalue weighted by Gasteiger charge is -2.51. The number of carbonyl (C=O) groups excluding carboxylic acids is 2. The molecule has 0 spiro atoms. The molecule has 0 radical (unpaired) electrons. The Hall–Kier alpha value is -1.36. The van der Waals surface area contributed by atoms with Gasteiger partial charge in [0, 0.05) is 32.0 Å². The number of nitrogens with one attached hydrogen (secondary N) is 1. The molecule has 5 nitrogen and oxygen atoms in total. The van der Waals surface area contributed by atoms with E-state index in [0.29, 0.717) is 6.41 Å². The van der Waals surface area contributed by atoms with Gasteiger partial charge in [0.15, 0.2) is 0 Å². The van der Waals surface area contributed by atoms with Gasteiger partial charge in [-0.2, -0.15) is 0 Å². The van der Waals surface area contributed by atoms with Gasteiger partial charge in [-0.05, 0) is 26.1 Å². The molecule has 1 fully saturated rings. The van der Waals surface area contributed by atoms with E-state index in [1.165, 1.54) is 11.1 Å². The Balaban J connectivity index is 3.30. The first-order valence-corrected chi connectivity index (χ1v) is 7.27. The lowest BCUT2D eigenvalue weighted by atomic mass is 9.67. The molecule has 20 heavy (non-hydrogen) atoms. The van der Waals surface area contributed by atoms with Gasteiger partial charge in [-0.3, -0.25) is 9.59 Å². The smallest absolute Gasteiger partial charge is 0.252 e. The van der Waals surface area contributed by atoms with Gasteiger partial charge in [-0.1, -0.05) is 20.4 Å². The fourth-order valence-electron chi connectivity index (χ4n) is 3.47. The lowest BCUT2D eigenvalue weighted by molar-refractivity contribution is -0.146. The monoisotopic (exact) mass is 281 g/mol. The molecule has 1 aliphatic heterocycles. The van der Waals surface area contributed by atoms with Crippen LogP contribution in [0.4, 0.5) is 0 Å². The van der Waals surface area contributed by atoms with Crippen molar-refractivity contribution in [3.63, 3.8) is 0 Å². The first kappa shape index (κ1) is 16.7. The Labute approximate surface area is 122 Å². The molecule has 1 aliphatic rings. The highest BCUT2D eigenvalue weighted by Crippen LogP contribution is 2.37. The standard InChI is InChI=1S/C15H27N3O2/c1-6-12-9-17(4)10-13(7-2)15(12,16-11-19)14(20)18(5)8-3/h8,11-13H,3,6-7,9-10H2,1-2,4-5H3,(H,16,19). The molecule has 0 bridgehead atoms. The quantitative estimate of drug-likeness (QED) is 0.741. The van der Waals surface area contributed by atoms with Crippen molar-refractivity contribution in [2.45, 2.75) is 32.2 Å². The van der Waals surface area contributed by atoms with E-state index < -0.39 is 5.54 Å². The van der Waals surface area contributed by atoms with E-state index in [4.69, 9.17) is 0 Å². The Morgan fingerprint density at radius 1 is 1.40 bits per heavy atom. The number of hydrogen-bond acceptors (Lipinski definition) is 3. The van der Waals surface area contributed by atoms with E-state index in [1.54, 1.807) is 7.05 Å². The third kappa shape index (κ3) is 2.73. The number of amides is 2. The Kier molecular flexibility index (Phi) is 5.74. The van der Waals surface area contributed by atoms with E-state index in [1.807, 2.05) is 0 Å². The van der Waals surface area contributed by atoms with Crippen LogP contribution in [0.5, 0.6) is 0 Å². The maximum Gasteiger partial charge on any atom is 0.252 e. The minimum atomic E-state index is -0.819. The van der Waals surface area contributed by atoms with Crippen molar-refractivity contribution in [2.75, 3.05) is 27.2 Å². The van der Waals surface area contributed by atoms with Crippen LogP contribution in [0, 0.1) is 11.8 Å². The van der Waals surface area contributed by atoms with Gasteiger partial charge >= 0.3 is 0 Å². The van der Waals surface area contributed by atoms with Crippen molar-refractivity contribution in [3.05, 3.63) is 12.8 Å². The van der Waals surface area contributed by atoms with Crippen LogP contribution >= 0.6 is 0 Å². The zero-order chi connectivity index (χ0) is 15.3. The largest absolute Gasteiger partial charge is 0.344 e. The zero-order valence-electron chi connectivity index (χ0n) is 13.1. The fraction of sp³-hybridized carbons (Fsp3) is 0.733. The third-order valence-electron chi connectivity index (χ3n) is 4.58. The first-order valence-electron chi connectivity index (χ1n) is 7.27. The van der Waals surface area contributed by atoms with Gasteiger partial charge in [0.2, 0.25) is 6.41 Å². The molecule has 0 aromatic carbocycles. The lowest BCUT2D eigenvalue weighted by Crippen LogP contribution is -2.70. The van der Waals surface area contributed by atoms with Crippen molar-refractivity contribution < 1.29 is 9.59 Å². The molecule has 1 heterocycles. The maximum absolute atomic E-state index is 12.9. The highest BCUT2D eigenvalue weighted by Gasteiger charge is 2.53. The van der Waals surface area contributed by atoms with Crippen molar-refractivity contribution in [3.8, 4) is 0 Å². The normalized spacial score (nSPS) is 30.6. The Morgan fingerprint density at radius 3 is 2.25 bits per heavy atom. The van der Waals surface area contributed by atoms with Gasteiger partial charge in [0.05, 0.1) is 0 Å². The molecule has 0 aliphatic carbocycles. The van der Waals surface area contributed by atoms with Crippen molar-refractivity contribution in [2.24, 2.45) is 11.8 Å². The van der Waals surface area contributed by atoms with Gasteiger partial charge in [-0.25, -0.2) is 0 Å². The van der Waals surface area contributed by atoms with Crippen molar-refractivity contribution >= 4 is 12.3 Å². The van der Waals surface area contributed by atoms with Crippen molar-refractivity contribution in [1.82, 2.24) is 15.1 Å². The van der Waals surface area contributed by atoms with Gasteiger partial charge in [-0.15, -0.1) is 0 Å². The average molecular weight is 281 g/mol. The molecular formula is C15H27N3O2. The van der Waals surface area contributed by atoms with Crippen LogP contribution in [0.3, 0.4) is 0 Å². The number of carbonyl (C=O) groups is 2. The van der Waals surface area contributed by atoms with Crippen LogP contribution in [0.15, 0.2) is 12.8 Å². The Morgan fingerprint density at radius 2 is 1.90 bits per heavy atom. The molecule has 1 saturated heterocycles. The molecule has 114 valence electrons. The number of hydrogen-bond donors (Lipinski definition) is 1.